The molecule has 4 aromatic heterocycles. The lowest BCUT2D eigenvalue weighted by atomic mass is 9.57. The number of rotatable bonds is 6. The number of benzene rings is 3. The maximum atomic E-state index is 16.8. The molecule has 6 atom stereocenters. The Morgan fingerprint density at radius 3 is 2.00 bits per heavy atom. The first kappa shape index (κ1) is 43.3. The van der Waals surface area contributed by atoms with Crippen molar-refractivity contribution in [3.05, 3.63) is 154 Å². The van der Waals surface area contributed by atoms with E-state index in [1.165, 1.54) is 12.1 Å². The highest BCUT2D eigenvalue weighted by molar-refractivity contribution is 6.04. The van der Waals surface area contributed by atoms with Crippen LogP contribution in [0.1, 0.15) is 81.1 Å². The molecule has 4 heterocycles. The predicted octanol–water partition coefficient (Wildman–Crippen LogP) is 11.3. The van der Waals surface area contributed by atoms with Gasteiger partial charge in [-0.25, -0.2) is 28.7 Å². The lowest BCUT2D eigenvalue weighted by molar-refractivity contribution is -0.122. The van der Waals surface area contributed by atoms with Crippen LogP contribution in [-0.4, -0.2) is 41.5 Å². The molecule has 5 aliphatic carbocycles. The first-order chi connectivity index (χ1) is 33.8. The fourth-order valence-corrected chi connectivity index (χ4v) is 12.3. The Hall–Kier alpha value is -7.96. The Balaban J connectivity index is 1.03. The summed E-state index contributed by atoms with van der Waals surface area (Å²) in [6.45, 7) is 7.76. The number of nitrogens with zero attached hydrogens (tertiary/aromatic N) is 8. The van der Waals surface area contributed by atoms with Crippen molar-refractivity contribution in [2.24, 2.45) is 23.7 Å². The average molecular weight is 923 g/mol. The molecule has 12 rings (SSSR count). The molecule has 0 unspecified atom stereocenters. The van der Waals surface area contributed by atoms with Crippen LogP contribution in [0.4, 0.5) is 8.78 Å². The summed E-state index contributed by atoms with van der Waals surface area (Å²) in [4.78, 5) is 57.1. The number of allylic oxidation sites excluding steroid dienone is 4. The van der Waals surface area contributed by atoms with Gasteiger partial charge in [-0.15, -0.1) is 0 Å². The van der Waals surface area contributed by atoms with Crippen molar-refractivity contribution in [2.45, 2.75) is 76.5 Å². The van der Waals surface area contributed by atoms with Gasteiger partial charge in [-0.2, -0.15) is 10.5 Å². The molecule has 1 saturated carbocycles. The van der Waals surface area contributed by atoms with Crippen LogP contribution < -0.4 is 0 Å². The highest BCUT2D eigenvalue weighted by Crippen LogP contribution is 2.54. The number of carbonyl (C=O) groups excluding carboxylic acids is 2. The van der Waals surface area contributed by atoms with E-state index in [2.05, 4.69) is 17.1 Å². The van der Waals surface area contributed by atoms with Gasteiger partial charge in [0.1, 0.15) is 23.8 Å². The van der Waals surface area contributed by atoms with Gasteiger partial charge >= 0.3 is 0 Å². The van der Waals surface area contributed by atoms with Gasteiger partial charge in [0.2, 0.25) is 0 Å². The van der Waals surface area contributed by atoms with Gasteiger partial charge in [0, 0.05) is 91.0 Å². The molecular formula is C58H44F2N8O2. The molecule has 12 heteroatoms. The summed E-state index contributed by atoms with van der Waals surface area (Å²) in [5, 5.41) is 20.9. The highest BCUT2D eigenvalue weighted by Gasteiger charge is 2.53. The Bertz CT molecular complexity index is 3640. The largest absolute Gasteiger partial charge is 0.293 e. The second-order valence-electron chi connectivity index (χ2n) is 20.1. The van der Waals surface area contributed by atoms with E-state index in [0.717, 1.165) is 35.2 Å². The number of para-hydroxylation sites is 1. The van der Waals surface area contributed by atoms with Crippen molar-refractivity contribution in [1.29, 1.82) is 10.5 Å². The average Bonchev–Trinajstić information content (AvgIpc) is 4.19. The van der Waals surface area contributed by atoms with E-state index in [9.17, 15) is 20.1 Å². The first-order valence-electron chi connectivity index (χ1n) is 23.9. The smallest absolute Gasteiger partial charge is 0.176 e. The Morgan fingerprint density at radius 2 is 1.26 bits per heavy atom. The summed E-state index contributed by atoms with van der Waals surface area (Å²) < 4.78 is 32.6. The van der Waals surface area contributed by atoms with Gasteiger partial charge in [-0.1, -0.05) is 76.2 Å². The zero-order valence-corrected chi connectivity index (χ0v) is 38.9. The zero-order valence-electron chi connectivity index (χ0n) is 38.9. The minimum absolute atomic E-state index is 0.0924. The van der Waals surface area contributed by atoms with Crippen molar-refractivity contribution in [2.75, 3.05) is 0 Å². The van der Waals surface area contributed by atoms with Crippen molar-refractivity contribution in [3.63, 3.8) is 0 Å². The Labute approximate surface area is 403 Å². The van der Waals surface area contributed by atoms with Gasteiger partial charge in [0.15, 0.2) is 23.2 Å². The van der Waals surface area contributed by atoms with Crippen LogP contribution in [0.3, 0.4) is 0 Å². The maximum absolute atomic E-state index is 16.8. The summed E-state index contributed by atoms with van der Waals surface area (Å²) in [6.07, 6.45) is 10.6. The highest BCUT2D eigenvalue weighted by atomic mass is 19.1. The summed E-state index contributed by atoms with van der Waals surface area (Å²) in [6, 6.07) is 27.2. The van der Waals surface area contributed by atoms with E-state index in [4.69, 9.17) is 24.9 Å². The van der Waals surface area contributed by atoms with Crippen LogP contribution in [0, 0.1) is 58.0 Å². The quantitative estimate of drug-likeness (QED) is 0.157. The normalized spacial score (nSPS) is 24.4. The van der Waals surface area contributed by atoms with Gasteiger partial charge in [0.05, 0.1) is 39.4 Å². The third kappa shape index (κ3) is 6.46. The molecule has 0 bridgehead atoms. The molecule has 0 N–H and O–H groups in total. The molecule has 7 aromatic rings. The number of nitriles is 2. The van der Waals surface area contributed by atoms with Crippen LogP contribution in [-0.2, 0) is 33.3 Å². The number of aromatic nitrogens is 6. The summed E-state index contributed by atoms with van der Waals surface area (Å²) in [5.74, 6) is -1.46. The number of fused-ring (bicyclic) bond motifs is 7. The summed E-state index contributed by atoms with van der Waals surface area (Å²) in [7, 11) is 0. The third-order valence-electron chi connectivity index (χ3n) is 16.1. The molecule has 0 aliphatic heterocycles. The van der Waals surface area contributed by atoms with Crippen LogP contribution in [0.15, 0.2) is 115 Å². The predicted molar refractivity (Wildman–Crippen MR) is 259 cm³/mol. The summed E-state index contributed by atoms with van der Waals surface area (Å²) in [5.41, 5.74) is 7.19. The molecule has 70 heavy (non-hydrogen) atoms. The van der Waals surface area contributed by atoms with Gasteiger partial charge in [0.25, 0.3) is 0 Å². The van der Waals surface area contributed by atoms with Crippen molar-refractivity contribution in [3.8, 4) is 68.6 Å². The fraction of sp³-hybridized carbons (Fsp3) is 0.276. The number of hydrogen-bond acceptors (Lipinski definition) is 10. The van der Waals surface area contributed by atoms with E-state index in [1.54, 1.807) is 54.9 Å². The minimum Gasteiger partial charge on any atom is -0.293 e. The van der Waals surface area contributed by atoms with Crippen molar-refractivity contribution < 1.29 is 18.4 Å². The lowest BCUT2D eigenvalue weighted by Crippen LogP contribution is -2.46. The van der Waals surface area contributed by atoms with Crippen molar-refractivity contribution >= 4 is 22.5 Å². The third-order valence-corrected chi connectivity index (χ3v) is 16.1. The number of carbonyl (C=O) groups is 2. The van der Waals surface area contributed by atoms with Gasteiger partial charge < -0.3 is 0 Å². The number of pyridine rings is 2. The standard InChI is InChI=1S/C58H44F2N8O2/c1-29-43-16-15-40-49(39-8-5-6-11-45(39)59)66-56(68-53(40)57(43,3)25-34(27-61)51(29)69)38-19-21-64-48-36(9-7-10-37(38)48)32-14-17-46(60)41(22-32)50-42-24-44-30(2)52(70)35(28-62)26-58(44,4)54(42)67-55(65-50)33-18-20-63-47(23-33)31-12-13-31/h5-11,14,17-23,25-26,29-31,43-44H,12-13,15-16,24H2,1-4H3/t29-,30+,43-,44+,57+,58+/m0/s1. The second-order valence-corrected chi connectivity index (χ2v) is 20.1. The second kappa shape index (κ2) is 15.8. The molecule has 3 aromatic carbocycles. The summed E-state index contributed by atoms with van der Waals surface area (Å²) >= 11 is 0. The SMILES string of the molecule is C[C@@H]1C(=O)C(C#N)=C[C@@]2(C)c3nc(-c4ccnc5c(-c6ccc(F)c(-c7nc(-c8ccnc(C9CC9)c8)nc8c7C[C@@H]7[C@@H](C)C(=O)C(C#N)=C[C@@]87C)c6)cccc45)nc(-c4ccccc4F)c3CC[C@@H]12. The van der Waals surface area contributed by atoms with Gasteiger partial charge in [-0.3, -0.25) is 19.6 Å². The van der Waals surface area contributed by atoms with Crippen molar-refractivity contribution in [1.82, 2.24) is 29.9 Å². The van der Waals surface area contributed by atoms with Crippen LogP contribution in [0.25, 0.3) is 67.3 Å². The van der Waals surface area contributed by atoms with E-state index in [-0.39, 0.29) is 40.1 Å². The molecule has 10 nitrogen and oxygen atoms in total. The fourth-order valence-electron chi connectivity index (χ4n) is 12.3. The number of halogens is 2. The molecule has 0 spiro atoms. The van der Waals surface area contributed by atoms with E-state index < -0.39 is 34.3 Å². The molecule has 342 valence electrons. The molecular weight excluding hydrogens is 879 g/mol. The first-order valence-corrected chi connectivity index (χ1v) is 23.9. The molecule has 0 radical (unpaired) electrons. The van der Waals surface area contributed by atoms with Crippen LogP contribution >= 0.6 is 0 Å². The topological polar surface area (TPSA) is 159 Å². The molecule has 1 fully saturated rings. The Morgan fingerprint density at radius 1 is 0.614 bits per heavy atom. The van der Waals surface area contributed by atoms with Gasteiger partial charge in [-0.05, 0) is 92.0 Å². The monoisotopic (exact) mass is 922 g/mol. The van der Waals surface area contributed by atoms with Crippen LogP contribution in [0.2, 0.25) is 0 Å². The van der Waals surface area contributed by atoms with Crippen LogP contribution in [0.5, 0.6) is 0 Å². The van der Waals surface area contributed by atoms with E-state index >= 15 is 8.78 Å². The minimum atomic E-state index is -0.822. The zero-order chi connectivity index (χ0) is 48.4. The Kier molecular flexibility index (Phi) is 9.78. The lowest BCUT2D eigenvalue weighted by Gasteiger charge is -2.45. The van der Waals surface area contributed by atoms with E-state index in [1.807, 2.05) is 64.1 Å². The molecule has 0 amide bonds. The number of hydrogen-bond donors (Lipinski definition) is 0. The molecule has 5 aliphatic rings. The number of Topliss-reactive ketones (excluding diaryl/α,β-unsaturated/α-hetero) is 2. The van der Waals surface area contributed by atoms with E-state index in [0.29, 0.717) is 92.8 Å². The number of ketones is 2. The molecule has 0 saturated heterocycles. The maximum Gasteiger partial charge on any atom is 0.176 e.